The number of rotatable bonds is 7. The molecule has 0 aliphatic carbocycles. The maximum absolute atomic E-state index is 9.50. The van der Waals surface area contributed by atoms with Crippen LogP contribution in [0.1, 0.15) is 28.8 Å². The zero-order chi connectivity index (χ0) is 21.9. The number of benzene rings is 3. The van der Waals surface area contributed by atoms with E-state index in [1.54, 1.807) is 0 Å². The van der Waals surface area contributed by atoms with Crippen LogP contribution < -0.4 is 5.32 Å². The molecular formula is C28H27N3O. The van der Waals surface area contributed by atoms with Crippen molar-refractivity contribution in [1.82, 2.24) is 9.97 Å². The number of aliphatic hydroxyl groups excluding tert-OH is 1. The fourth-order valence-electron chi connectivity index (χ4n) is 4.34. The number of aliphatic hydroxyl groups is 1. The molecule has 0 spiro atoms. The van der Waals surface area contributed by atoms with Gasteiger partial charge in [0, 0.05) is 39.6 Å². The number of nitrogens with zero attached hydrogens (tertiary/aromatic N) is 1. The van der Waals surface area contributed by atoms with Crippen LogP contribution in [-0.2, 0) is 19.4 Å². The van der Waals surface area contributed by atoms with Crippen molar-refractivity contribution in [2.75, 3.05) is 5.32 Å². The van der Waals surface area contributed by atoms with Crippen LogP contribution >= 0.6 is 0 Å². The molecule has 0 amide bonds. The highest BCUT2D eigenvalue weighted by atomic mass is 16.3. The number of pyridine rings is 1. The Labute approximate surface area is 188 Å². The summed E-state index contributed by atoms with van der Waals surface area (Å²) in [4.78, 5) is 7.98. The van der Waals surface area contributed by atoms with E-state index in [0.29, 0.717) is 0 Å². The molecule has 0 radical (unpaired) electrons. The molecule has 0 saturated heterocycles. The second-order valence-corrected chi connectivity index (χ2v) is 8.36. The summed E-state index contributed by atoms with van der Waals surface area (Å²) in [5, 5.41) is 15.4. The van der Waals surface area contributed by atoms with Crippen LogP contribution in [0.5, 0.6) is 0 Å². The van der Waals surface area contributed by atoms with E-state index in [1.807, 2.05) is 25.1 Å². The van der Waals surface area contributed by atoms with Crippen molar-refractivity contribution in [3.05, 3.63) is 101 Å². The van der Waals surface area contributed by atoms with E-state index in [0.717, 1.165) is 52.8 Å². The molecule has 4 nitrogen and oxygen atoms in total. The van der Waals surface area contributed by atoms with Gasteiger partial charge in [-0.2, -0.15) is 0 Å². The third-order valence-corrected chi connectivity index (χ3v) is 6.00. The average molecular weight is 422 g/mol. The molecule has 160 valence electrons. The molecule has 3 N–H and O–H groups in total. The van der Waals surface area contributed by atoms with Crippen molar-refractivity contribution in [2.45, 2.75) is 32.8 Å². The Morgan fingerprint density at radius 2 is 1.69 bits per heavy atom. The second kappa shape index (κ2) is 8.85. The Hall–Kier alpha value is -3.63. The number of para-hydroxylation sites is 1. The van der Waals surface area contributed by atoms with E-state index in [9.17, 15) is 5.11 Å². The van der Waals surface area contributed by atoms with Crippen molar-refractivity contribution in [3.8, 4) is 0 Å². The molecule has 0 atom stereocenters. The summed E-state index contributed by atoms with van der Waals surface area (Å²) in [6.07, 6.45) is 5.38. The number of hydrogen-bond acceptors (Lipinski definition) is 3. The van der Waals surface area contributed by atoms with Gasteiger partial charge in [-0.25, -0.2) is 0 Å². The Morgan fingerprint density at radius 1 is 0.875 bits per heavy atom. The lowest BCUT2D eigenvalue weighted by atomic mass is 10.0. The summed E-state index contributed by atoms with van der Waals surface area (Å²) in [6, 6.07) is 25.1. The first kappa shape index (κ1) is 20.3. The maximum Gasteiger partial charge on any atom is 0.0726 e. The van der Waals surface area contributed by atoms with Crippen LogP contribution in [0, 0.1) is 6.92 Å². The third-order valence-electron chi connectivity index (χ3n) is 6.00. The Kier molecular flexibility index (Phi) is 5.61. The number of fused-ring (bicyclic) bond motifs is 2. The number of aromatic amines is 1. The highest BCUT2D eigenvalue weighted by Crippen LogP contribution is 2.28. The van der Waals surface area contributed by atoms with Crippen molar-refractivity contribution in [3.63, 3.8) is 0 Å². The smallest absolute Gasteiger partial charge is 0.0726 e. The molecule has 5 aromatic rings. The number of aromatic nitrogens is 2. The van der Waals surface area contributed by atoms with Gasteiger partial charge in [0.25, 0.3) is 0 Å². The van der Waals surface area contributed by atoms with Crippen LogP contribution in [0.2, 0.25) is 0 Å². The highest BCUT2D eigenvalue weighted by Gasteiger charge is 2.07. The summed E-state index contributed by atoms with van der Waals surface area (Å²) in [5.41, 5.74) is 8.78. The van der Waals surface area contributed by atoms with Crippen LogP contribution in [0.15, 0.2) is 79.0 Å². The first-order chi connectivity index (χ1) is 15.7. The lowest BCUT2D eigenvalue weighted by Gasteiger charge is -2.12. The Morgan fingerprint density at radius 3 is 2.53 bits per heavy atom. The number of hydrogen-bond donors (Lipinski definition) is 3. The Balaban J connectivity index is 1.27. The quantitative estimate of drug-likeness (QED) is 0.283. The molecule has 32 heavy (non-hydrogen) atoms. The fraction of sp³-hybridized carbons (Fsp3) is 0.179. The third kappa shape index (κ3) is 4.23. The van der Waals surface area contributed by atoms with Gasteiger partial charge in [0.1, 0.15) is 0 Å². The maximum atomic E-state index is 9.50. The van der Waals surface area contributed by atoms with E-state index < -0.39 is 0 Å². The summed E-state index contributed by atoms with van der Waals surface area (Å²) in [5.74, 6) is 0. The second-order valence-electron chi connectivity index (χ2n) is 8.36. The van der Waals surface area contributed by atoms with Crippen LogP contribution in [-0.4, -0.2) is 15.1 Å². The van der Waals surface area contributed by atoms with Crippen molar-refractivity contribution in [1.29, 1.82) is 0 Å². The normalized spacial score (nSPS) is 11.3. The van der Waals surface area contributed by atoms with Gasteiger partial charge >= 0.3 is 0 Å². The summed E-state index contributed by atoms with van der Waals surface area (Å²) < 4.78 is 0. The minimum atomic E-state index is 0.0243. The molecule has 0 saturated carbocycles. The molecule has 5 rings (SSSR count). The zero-order valence-corrected chi connectivity index (χ0v) is 18.2. The molecule has 0 fully saturated rings. The van der Waals surface area contributed by atoms with Gasteiger partial charge in [-0.3, -0.25) is 4.98 Å². The fourth-order valence-corrected chi connectivity index (χ4v) is 4.34. The van der Waals surface area contributed by atoms with Gasteiger partial charge < -0.3 is 15.4 Å². The molecule has 3 aromatic carbocycles. The number of nitrogens with one attached hydrogen (secondary N) is 2. The zero-order valence-electron chi connectivity index (χ0n) is 18.2. The van der Waals surface area contributed by atoms with E-state index in [2.05, 4.69) is 76.1 Å². The predicted molar refractivity (Wildman–Crippen MR) is 132 cm³/mol. The standard InChI is InChI=1S/C28H27N3O/c1-19-15-28(25-16-21(18-32)11-14-27(25)30-19)31-23-12-9-20(10-13-23)5-4-6-22-17-29-26-8-3-2-7-24(22)26/h2-3,7-17,29,32H,4-6,18H2,1H3,(H,30,31). The van der Waals surface area contributed by atoms with Gasteiger partial charge in [-0.05, 0) is 79.3 Å². The van der Waals surface area contributed by atoms with Crippen LogP contribution in [0.4, 0.5) is 11.4 Å². The first-order valence-corrected chi connectivity index (χ1v) is 11.1. The van der Waals surface area contributed by atoms with Crippen molar-refractivity contribution in [2.24, 2.45) is 0 Å². The first-order valence-electron chi connectivity index (χ1n) is 11.1. The van der Waals surface area contributed by atoms with E-state index in [4.69, 9.17) is 0 Å². The molecular weight excluding hydrogens is 394 g/mol. The van der Waals surface area contributed by atoms with E-state index in [-0.39, 0.29) is 6.61 Å². The predicted octanol–water partition coefficient (Wildman–Crippen LogP) is 6.44. The van der Waals surface area contributed by atoms with Gasteiger partial charge in [-0.15, -0.1) is 0 Å². The van der Waals surface area contributed by atoms with E-state index in [1.165, 1.54) is 22.0 Å². The van der Waals surface area contributed by atoms with Gasteiger partial charge in [-0.1, -0.05) is 36.4 Å². The van der Waals surface area contributed by atoms with Gasteiger partial charge in [0.2, 0.25) is 0 Å². The molecule has 2 aromatic heterocycles. The lowest BCUT2D eigenvalue weighted by molar-refractivity contribution is 0.282. The van der Waals surface area contributed by atoms with Crippen LogP contribution in [0.25, 0.3) is 21.8 Å². The SMILES string of the molecule is Cc1cc(Nc2ccc(CCCc3c[nH]c4ccccc34)cc2)c2cc(CO)ccc2n1. The average Bonchev–Trinajstić information content (AvgIpc) is 3.23. The molecule has 4 heteroatoms. The largest absolute Gasteiger partial charge is 0.392 e. The number of aryl methyl sites for hydroxylation is 3. The summed E-state index contributed by atoms with van der Waals surface area (Å²) >= 11 is 0. The van der Waals surface area contributed by atoms with E-state index >= 15 is 0 Å². The summed E-state index contributed by atoms with van der Waals surface area (Å²) in [6.45, 7) is 2.03. The molecule has 0 unspecified atom stereocenters. The number of anilines is 2. The molecule has 0 aliphatic rings. The number of H-pyrrole nitrogens is 1. The van der Waals surface area contributed by atoms with Crippen molar-refractivity contribution >= 4 is 33.2 Å². The van der Waals surface area contributed by atoms with Crippen LogP contribution in [0.3, 0.4) is 0 Å². The Bertz CT molecular complexity index is 1370. The molecule has 0 bridgehead atoms. The lowest BCUT2D eigenvalue weighted by Crippen LogP contribution is -1.96. The highest BCUT2D eigenvalue weighted by molar-refractivity contribution is 5.93. The topological polar surface area (TPSA) is 60.9 Å². The molecule has 2 heterocycles. The monoisotopic (exact) mass is 421 g/mol. The minimum Gasteiger partial charge on any atom is -0.392 e. The summed E-state index contributed by atoms with van der Waals surface area (Å²) in [7, 11) is 0. The molecule has 0 aliphatic heterocycles. The minimum absolute atomic E-state index is 0.0243. The van der Waals surface area contributed by atoms with Crippen molar-refractivity contribution < 1.29 is 5.11 Å². The van der Waals surface area contributed by atoms with Gasteiger partial charge in [0.05, 0.1) is 12.1 Å². The van der Waals surface area contributed by atoms with Gasteiger partial charge in [0.15, 0.2) is 0 Å².